The molecule has 1 aromatic carbocycles. The minimum atomic E-state index is -0.0856. The van der Waals surface area contributed by atoms with Crippen LogP contribution in [-0.4, -0.2) is 57.6 Å². The van der Waals surface area contributed by atoms with E-state index in [1.807, 2.05) is 12.1 Å². The summed E-state index contributed by atoms with van der Waals surface area (Å²) in [6.07, 6.45) is 2.97. The number of benzene rings is 1. The van der Waals surface area contributed by atoms with E-state index in [0.717, 1.165) is 50.2 Å². The van der Waals surface area contributed by atoms with Crippen molar-refractivity contribution in [2.75, 3.05) is 47.6 Å². The Bertz CT molecular complexity index is 540. The van der Waals surface area contributed by atoms with Crippen molar-refractivity contribution < 1.29 is 19.3 Å². The van der Waals surface area contributed by atoms with Gasteiger partial charge in [-0.15, -0.1) is 0 Å². The largest absolute Gasteiger partial charge is 0.496 e. The number of aliphatic hydroxyl groups excluding tert-OH is 1. The molecule has 1 fully saturated rings. The average Bonchev–Trinajstić information content (AvgIpc) is 2.60. The number of rotatable bonds is 8. The third kappa shape index (κ3) is 4.54. The van der Waals surface area contributed by atoms with Crippen LogP contribution in [0.5, 0.6) is 11.5 Å². The topological polar surface area (TPSA) is 51.2 Å². The maximum absolute atomic E-state index is 9.92. The lowest BCUT2D eigenvalue weighted by Crippen LogP contribution is -2.45. The molecule has 1 atom stereocenters. The lowest BCUT2D eigenvalue weighted by molar-refractivity contribution is 0.00456. The van der Waals surface area contributed by atoms with E-state index in [9.17, 15) is 5.11 Å². The van der Waals surface area contributed by atoms with Crippen LogP contribution >= 0.6 is 11.6 Å². The Labute approximate surface area is 149 Å². The molecule has 0 amide bonds. The van der Waals surface area contributed by atoms with Crippen molar-refractivity contribution in [3.63, 3.8) is 0 Å². The van der Waals surface area contributed by atoms with Crippen molar-refractivity contribution in [3.05, 3.63) is 22.7 Å². The Balaban J connectivity index is 2.14. The fourth-order valence-corrected chi connectivity index (χ4v) is 3.73. The molecular weight excluding hydrogens is 330 g/mol. The molecule has 1 aromatic rings. The Hall–Kier alpha value is -1.01. The van der Waals surface area contributed by atoms with Crippen LogP contribution < -0.4 is 9.47 Å². The predicted molar refractivity (Wildman–Crippen MR) is 95.1 cm³/mol. The maximum atomic E-state index is 9.92. The molecule has 6 heteroatoms. The van der Waals surface area contributed by atoms with Gasteiger partial charge in [-0.3, -0.25) is 4.90 Å². The van der Waals surface area contributed by atoms with Crippen LogP contribution in [-0.2, 0) is 11.3 Å². The van der Waals surface area contributed by atoms with E-state index in [1.54, 1.807) is 21.3 Å². The summed E-state index contributed by atoms with van der Waals surface area (Å²) >= 11 is 6.27. The normalized spacial score (nSPS) is 21.7. The number of likely N-dealkylation sites (tertiary alicyclic amines) is 1. The molecule has 0 radical (unpaired) electrons. The van der Waals surface area contributed by atoms with Crippen molar-refractivity contribution >= 4 is 11.6 Å². The lowest BCUT2D eigenvalue weighted by atomic mass is 9.78. The Morgan fingerprint density at radius 3 is 2.58 bits per heavy atom. The second-order valence-corrected chi connectivity index (χ2v) is 6.92. The van der Waals surface area contributed by atoms with Crippen LogP contribution in [0.2, 0.25) is 5.02 Å². The molecule has 0 saturated carbocycles. The summed E-state index contributed by atoms with van der Waals surface area (Å²) in [5.41, 5.74) is 0.946. The smallest absolute Gasteiger partial charge is 0.141 e. The molecule has 0 bridgehead atoms. The highest BCUT2D eigenvalue weighted by molar-refractivity contribution is 6.32. The predicted octanol–water partition coefficient (Wildman–Crippen LogP) is 2.97. The first kappa shape index (κ1) is 19.3. The van der Waals surface area contributed by atoms with Gasteiger partial charge in [0.15, 0.2) is 0 Å². The molecule has 5 nitrogen and oxygen atoms in total. The van der Waals surface area contributed by atoms with Gasteiger partial charge in [0.2, 0.25) is 0 Å². The van der Waals surface area contributed by atoms with Gasteiger partial charge in [-0.2, -0.15) is 0 Å². The van der Waals surface area contributed by atoms with Gasteiger partial charge >= 0.3 is 0 Å². The van der Waals surface area contributed by atoms with Gasteiger partial charge in [0.05, 0.1) is 25.8 Å². The second kappa shape index (κ2) is 8.90. The summed E-state index contributed by atoms with van der Waals surface area (Å²) in [5, 5.41) is 10.5. The zero-order valence-electron chi connectivity index (χ0n) is 14.8. The highest BCUT2D eigenvalue weighted by Gasteiger charge is 2.34. The molecule has 0 unspecified atom stereocenters. The van der Waals surface area contributed by atoms with Gasteiger partial charge < -0.3 is 19.3 Å². The van der Waals surface area contributed by atoms with Crippen LogP contribution in [0.4, 0.5) is 0 Å². The minimum Gasteiger partial charge on any atom is -0.496 e. The number of hydrogen-bond donors (Lipinski definition) is 1. The molecule has 136 valence electrons. The average molecular weight is 358 g/mol. The van der Waals surface area contributed by atoms with Crippen LogP contribution in [0.25, 0.3) is 0 Å². The molecule has 1 heterocycles. The van der Waals surface area contributed by atoms with Gasteiger partial charge in [-0.05, 0) is 31.9 Å². The quantitative estimate of drug-likeness (QED) is 0.775. The van der Waals surface area contributed by atoms with E-state index in [0.29, 0.717) is 17.4 Å². The zero-order chi connectivity index (χ0) is 17.6. The van der Waals surface area contributed by atoms with E-state index in [4.69, 9.17) is 25.8 Å². The molecule has 0 aromatic heterocycles. The number of ether oxygens (including phenoxy) is 3. The van der Waals surface area contributed by atoms with Crippen molar-refractivity contribution in [2.24, 2.45) is 5.41 Å². The first-order chi connectivity index (χ1) is 11.6. The third-order valence-corrected chi connectivity index (χ3v) is 5.16. The van der Waals surface area contributed by atoms with Gasteiger partial charge in [0.1, 0.15) is 11.5 Å². The monoisotopic (exact) mass is 357 g/mol. The van der Waals surface area contributed by atoms with Crippen LogP contribution in [0.3, 0.4) is 0 Å². The fourth-order valence-electron chi connectivity index (χ4n) is 3.46. The van der Waals surface area contributed by atoms with Gasteiger partial charge in [0.25, 0.3) is 0 Å². The highest BCUT2D eigenvalue weighted by Crippen LogP contribution is 2.37. The van der Waals surface area contributed by atoms with Crippen molar-refractivity contribution in [1.82, 2.24) is 4.90 Å². The van der Waals surface area contributed by atoms with E-state index in [-0.39, 0.29) is 12.0 Å². The maximum Gasteiger partial charge on any atom is 0.141 e. The Morgan fingerprint density at radius 2 is 1.96 bits per heavy atom. The van der Waals surface area contributed by atoms with Crippen molar-refractivity contribution in [1.29, 1.82) is 0 Å². The van der Waals surface area contributed by atoms with Crippen LogP contribution in [0.15, 0.2) is 12.1 Å². The zero-order valence-corrected chi connectivity index (χ0v) is 15.6. The van der Waals surface area contributed by atoms with E-state index < -0.39 is 0 Å². The molecule has 0 aliphatic carbocycles. The molecule has 1 aliphatic heterocycles. The van der Waals surface area contributed by atoms with E-state index >= 15 is 0 Å². The minimum absolute atomic E-state index is 0.0856. The number of hydrogen-bond acceptors (Lipinski definition) is 5. The third-order valence-electron chi connectivity index (χ3n) is 4.86. The summed E-state index contributed by atoms with van der Waals surface area (Å²) in [6, 6.07) is 3.73. The number of methoxy groups -OCH3 is 3. The second-order valence-electron chi connectivity index (χ2n) is 6.51. The summed E-state index contributed by atoms with van der Waals surface area (Å²) in [4.78, 5) is 2.36. The number of piperidine rings is 1. The summed E-state index contributed by atoms with van der Waals surface area (Å²) in [5.74, 6) is 1.38. The molecule has 2 rings (SSSR count). The van der Waals surface area contributed by atoms with Gasteiger partial charge in [-0.25, -0.2) is 0 Å². The Morgan fingerprint density at radius 1 is 1.21 bits per heavy atom. The molecule has 0 spiro atoms. The van der Waals surface area contributed by atoms with Gasteiger partial charge in [-0.1, -0.05) is 11.6 Å². The van der Waals surface area contributed by atoms with E-state index in [2.05, 4.69) is 4.90 Å². The first-order valence-corrected chi connectivity index (χ1v) is 8.68. The number of halogens is 1. The van der Waals surface area contributed by atoms with Crippen LogP contribution in [0.1, 0.15) is 24.8 Å². The fraction of sp³-hybridized carbons (Fsp3) is 0.667. The Kier molecular flexibility index (Phi) is 7.16. The number of nitrogens with zero attached hydrogens (tertiary/aromatic N) is 1. The van der Waals surface area contributed by atoms with Crippen molar-refractivity contribution in [2.45, 2.75) is 25.8 Å². The summed E-state index contributed by atoms with van der Waals surface area (Å²) in [6.45, 7) is 3.45. The molecular formula is C18H28ClNO4. The van der Waals surface area contributed by atoms with Crippen molar-refractivity contribution in [3.8, 4) is 11.5 Å². The van der Waals surface area contributed by atoms with Gasteiger partial charge in [0, 0.05) is 43.9 Å². The SMILES string of the molecule is COCC[C@@]1(CO)CCCN(Cc2cc(Cl)c(OC)cc2OC)C1. The molecule has 24 heavy (non-hydrogen) atoms. The molecule has 1 aliphatic rings. The molecule has 1 saturated heterocycles. The number of aliphatic hydroxyl groups is 1. The van der Waals surface area contributed by atoms with Crippen LogP contribution in [0, 0.1) is 5.41 Å². The first-order valence-electron chi connectivity index (χ1n) is 8.30. The highest BCUT2D eigenvalue weighted by atomic mass is 35.5. The van der Waals surface area contributed by atoms with E-state index in [1.165, 1.54) is 0 Å². The standard InChI is InChI=1S/C18H28ClNO4/c1-22-8-6-18(13-21)5-4-7-20(12-18)11-14-9-15(19)17(24-3)10-16(14)23-2/h9-10,21H,4-8,11-13H2,1-3H3/t18-/m0/s1. The molecule has 1 N–H and O–H groups in total. The summed E-state index contributed by atoms with van der Waals surface area (Å²) < 4.78 is 16.0. The summed E-state index contributed by atoms with van der Waals surface area (Å²) in [7, 11) is 4.95. The lowest BCUT2D eigenvalue weighted by Gasteiger charge is -2.42.